The summed E-state index contributed by atoms with van der Waals surface area (Å²) in [5, 5.41) is 9.22. The van der Waals surface area contributed by atoms with Crippen molar-refractivity contribution in [1.29, 1.82) is 0 Å². The molecule has 0 aliphatic rings. The smallest absolute Gasteiger partial charge is 0.466 e. The Bertz CT molecular complexity index is 1140. The summed E-state index contributed by atoms with van der Waals surface area (Å²) in [6.07, 6.45) is 3.64. The maximum Gasteiger partial charge on any atom is 0.466 e. The van der Waals surface area contributed by atoms with Gasteiger partial charge in [-0.1, -0.05) is 24.3 Å². The van der Waals surface area contributed by atoms with E-state index in [9.17, 15) is 14.7 Å². The van der Waals surface area contributed by atoms with Crippen molar-refractivity contribution in [2.75, 3.05) is 13.2 Å². The van der Waals surface area contributed by atoms with E-state index in [0.717, 1.165) is 5.56 Å². The van der Waals surface area contributed by atoms with Crippen LogP contribution in [0.3, 0.4) is 0 Å². The van der Waals surface area contributed by atoms with Crippen molar-refractivity contribution in [2.45, 2.75) is 6.92 Å². The number of carboxylic acid groups (broad SMARTS) is 1. The van der Waals surface area contributed by atoms with Gasteiger partial charge in [0.15, 0.2) is 0 Å². The number of aromatic amines is 1. The second-order valence-corrected chi connectivity index (χ2v) is 7.26. The van der Waals surface area contributed by atoms with Crippen LogP contribution in [0.5, 0.6) is 5.75 Å². The van der Waals surface area contributed by atoms with Gasteiger partial charge in [0.25, 0.3) is 0 Å². The lowest BCUT2D eigenvalue weighted by Crippen LogP contribution is -2.09. The number of aromatic nitrogens is 2. The lowest BCUT2D eigenvalue weighted by atomic mass is 10.2. The largest absolute Gasteiger partial charge is 0.490 e. The number of nitrogens with zero attached hydrogens (tertiary/aromatic N) is 1. The van der Waals surface area contributed by atoms with Gasteiger partial charge in [0.1, 0.15) is 30.3 Å². The molecule has 0 bridgehead atoms. The zero-order valence-corrected chi connectivity index (χ0v) is 17.7. The Morgan fingerprint density at radius 3 is 2.31 bits per heavy atom. The number of phosphoric acid groups is 1. The van der Waals surface area contributed by atoms with Gasteiger partial charge in [0.2, 0.25) is 0 Å². The fraction of sp³-hybridized carbons (Fsp3) is 0.150. The topological polar surface area (TPSA) is 179 Å². The first-order valence-electron chi connectivity index (χ1n) is 9.07. The monoisotopic (exact) mass is 464 g/mol. The lowest BCUT2D eigenvalue weighted by Gasteiger charge is -2.06. The van der Waals surface area contributed by atoms with Gasteiger partial charge in [-0.05, 0) is 35.9 Å². The molecule has 0 fully saturated rings. The number of fused-ring (bicyclic) bond motifs is 1. The molecule has 0 unspecified atom stereocenters. The van der Waals surface area contributed by atoms with Crippen molar-refractivity contribution in [3.05, 3.63) is 59.4 Å². The number of carbonyl (C=O) groups excluding carboxylic acids is 1. The number of nitrogens with one attached hydrogen (secondary N) is 1. The van der Waals surface area contributed by atoms with E-state index in [0.29, 0.717) is 29.2 Å². The average molecular weight is 464 g/mol. The fourth-order valence-corrected chi connectivity index (χ4v) is 2.50. The molecular formula is C20H21N2O9P. The molecule has 12 heteroatoms. The minimum Gasteiger partial charge on any atom is -0.490 e. The number of para-hydroxylation sites is 1. The number of imidazole rings is 1. The molecule has 2 aromatic carbocycles. The van der Waals surface area contributed by atoms with Crippen LogP contribution in [0.4, 0.5) is 0 Å². The van der Waals surface area contributed by atoms with E-state index in [1.165, 1.54) is 13.0 Å². The molecule has 0 aliphatic heterocycles. The Balaban J connectivity index is 0.000000654. The third-order valence-electron chi connectivity index (χ3n) is 3.73. The Morgan fingerprint density at radius 1 is 1.06 bits per heavy atom. The first-order chi connectivity index (χ1) is 15.0. The van der Waals surface area contributed by atoms with Crippen LogP contribution in [0.25, 0.3) is 23.2 Å². The maximum atomic E-state index is 11.3. The lowest BCUT2D eigenvalue weighted by molar-refractivity contribution is -0.141. The van der Waals surface area contributed by atoms with Crippen LogP contribution in [0.2, 0.25) is 0 Å². The predicted octanol–water partition coefficient (Wildman–Crippen LogP) is 2.44. The van der Waals surface area contributed by atoms with Crippen molar-refractivity contribution in [1.82, 2.24) is 9.97 Å². The highest BCUT2D eigenvalue weighted by Crippen LogP contribution is 2.25. The number of esters is 1. The van der Waals surface area contributed by atoms with Gasteiger partial charge in [-0.2, -0.15) is 0 Å². The number of rotatable bonds is 7. The molecule has 3 aromatic rings. The number of H-pyrrole nitrogens is 1. The molecule has 0 saturated carbocycles. The van der Waals surface area contributed by atoms with Gasteiger partial charge in [0.05, 0.1) is 11.1 Å². The SMILES string of the molecule is CC(=O)OCCOc1ccc(/C=C/c2nc3c(C(=O)O)cccc3[nH]2)cc1.O=P(O)(O)O. The van der Waals surface area contributed by atoms with E-state index in [-0.39, 0.29) is 18.1 Å². The second-order valence-electron chi connectivity index (χ2n) is 6.23. The van der Waals surface area contributed by atoms with Crippen LogP contribution in [0.1, 0.15) is 28.7 Å². The highest BCUT2D eigenvalue weighted by atomic mass is 31.2. The van der Waals surface area contributed by atoms with Crippen LogP contribution in [-0.4, -0.2) is 54.9 Å². The Kier molecular flexibility index (Phi) is 8.68. The standard InChI is InChI=1S/C20H18N2O5.H3O4P/c1-13(23)26-11-12-27-15-8-5-14(6-9-15)7-10-18-21-17-4-2-3-16(20(24)25)19(17)22-18;1-5(2,3)4/h2-10H,11-12H2,1H3,(H,21,22)(H,24,25);(H3,1,2,3,4)/b10-7+;. The predicted molar refractivity (Wildman–Crippen MR) is 115 cm³/mol. The van der Waals surface area contributed by atoms with Crippen molar-refractivity contribution in [3.63, 3.8) is 0 Å². The molecule has 0 atom stereocenters. The van der Waals surface area contributed by atoms with Gasteiger partial charge < -0.3 is 34.2 Å². The third-order valence-corrected chi connectivity index (χ3v) is 3.73. The highest BCUT2D eigenvalue weighted by Gasteiger charge is 2.11. The van der Waals surface area contributed by atoms with Gasteiger partial charge in [-0.3, -0.25) is 4.79 Å². The van der Waals surface area contributed by atoms with Gasteiger partial charge in [-0.25, -0.2) is 14.3 Å². The summed E-state index contributed by atoms with van der Waals surface area (Å²) in [7, 11) is -4.64. The van der Waals surface area contributed by atoms with Gasteiger partial charge in [0, 0.05) is 6.92 Å². The molecule has 1 heterocycles. The van der Waals surface area contributed by atoms with E-state index in [4.69, 9.17) is 28.7 Å². The summed E-state index contributed by atoms with van der Waals surface area (Å²) in [5.74, 6) is -0.0957. The van der Waals surface area contributed by atoms with Crippen LogP contribution in [-0.2, 0) is 14.1 Å². The van der Waals surface area contributed by atoms with Crippen molar-refractivity contribution in [3.8, 4) is 5.75 Å². The number of carboxylic acids is 1. The second kappa shape index (κ2) is 11.2. The molecule has 32 heavy (non-hydrogen) atoms. The summed E-state index contributed by atoms with van der Waals surface area (Å²) in [5.41, 5.74) is 2.20. The van der Waals surface area contributed by atoms with Crippen molar-refractivity contribution in [2.24, 2.45) is 0 Å². The quantitative estimate of drug-likeness (QED) is 0.198. The minimum atomic E-state index is -4.64. The summed E-state index contributed by atoms with van der Waals surface area (Å²) < 4.78 is 19.2. The number of hydrogen-bond donors (Lipinski definition) is 5. The van der Waals surface area contributed by atoms with Crippen LogP contribution in [0.15, 0.2) is 42.5 Å². The van der Waals surface area contributed by atoms with E-state index < -0.39 is 13.8 Å². The molecule has 170 valence electrons. The van der Waals surface area contributed by atoms with E-state index in [1.54, 1.807) is 18.2 Å². The van der Waals surface area contributed by atoms with Gasteiger partial charge >= 0.3 is 19.8 Å². The number of hydrogen-bond acceptors (Lipinski definition) is 6. The number of ether oxygens (including phenoxy) is 2. The molecular weight excluding hydrogens is 443 g/mol. The summed E-state index contributed by atoms with van der Waals surface area (Å²) in [6, 6.07) is 12.4. The van der Waals surface area contributed by atoms with Crippen molar-refractivity contribution < 1.29 is 43.4 Å². The molecule has 0 amide bonds. The number of benzene rings is 2. The molecule has 5 N–H and O–H groups in total. The molecule has 0 spiro atoms. The number of carbonyl (C=O) groups is 2. The maximum absolute atomic E-state index is 11.3. The third kappa shape index (κ3) is 8.70. The summed E-state index contributed by atoms with van der Waals surface area (Å²) >= 11 is 0. The number of aromatic carboxylic acids is 1. The molecule has 0 aliphatic carbocycles. The molecule has 11 nitrogen and oxygen atoms in total. The first kappa shape index (κ1) is 24.8. The first-order valence-corrected chi connectivity index (χ1v) is 10.6. The fourth-order valence-electron chi connectivity index (χ4n) is 2.50. The summed E-state index contributed by atoms with van der Waals surface area (Å²) in [4.78, 5) is 50.9. The zero-order valence-electron chi connectivity index (χ0n) is 16.8. The zero-order chi connectivity index (χ0) is 23.7. The van der Waals surface area contributed by atoms with Crippen LogP contribution >= 0.6 is 7.82 Å². The Hall–Kier alpha value is -3.50. The Morgan fingerprint density at radius 2 is 1.72 bits per heavy atom. The van der Waals surface area contributed by atoms with Gasteiger partial charge in [-0.15, -0.1) is 0 Å². The summed E-state index contributed by atoms with van der Waals surface area (Å²) in [6.45, 7) is 1.85. The van der Waals surface area contributed by atoms with E-state index in [1.807, 2.05) is 30.3 Å². The minimum absolute atomic E-state index is 0.165. The van der Waals surface area contributed by atoms with E-state index in [2.05, 4.69) is 9.97 Å². The average Bonchev–Trinajstić information content (AvgIpc) is 3.12. The molecule has 0 saturated heterocycles. The highest BCUT2D eigenvalue weighted by molar-refractivity contribution is 7.45. The normalized spacial score (nSPS) is 11.1. The van der Waals surface area contributed by atoms with Crippen LogP contribution < -0.4 is 4.74 Å². The van der Waals surface area contributed by atoms with E-state index >= 15 is 0 Å². The molecule has 1 aromatic heterocycles. The van der Waals surface area contributed by atoms with Crippen LogP contribution in [0, 0.1) is 0 Å². The van der Waals surface area contributed by atoms with Crippen molar-refractivity contribution >= 4 is 42.9 Å². The molecule has 3 rings (SSSR count). The molecule has 0 radical (unpaired) electrons. The Labute approximate surface area is 182 Å².